The van der Waals surface area contributed by atoms with Gasteiger partial charge in [0.2, 0.25) is 5.91 Å². The van der Waals surface area contributed by atoms with Crippen molar-refractivity contribution in [2.75, 3.05) is 26.8 Å². The number of nitrogens with two attached hydrogens (primary N) is 1. The third-order valence-corrected chi connectivity index (χ3v) is 5.91. The molecule has 0 saturated carbocycles. The molecule has 1 aliphatic heterocycles. The maximum absolute atomic E-state index is 11.7. The van der Waals surface area contributed by atoms with Crippen LogP contribution in [0.3, 0.4) is 0 Å². The molecule has 2 heterocycles. The van der Waals surface area contributed by atoms with Crippen molar-refractivity contribution in [1.82, 2.24) is 9.88 Å². The lowest BCUT2D eigenvalue weighted by molar-refractivity contribution is -0.119. The van der Waals surface area contributed by atoms with E-state index >= 15 is 0 Å². The summed E-state index contributed by atoms with van der Waals surface area (Å²) in [5.74, 6) is 1.21. The Morgan fingerprint density at radius 1 is 1.27 bits per heavy atom. The van der Waals surface area contributed by atoms with Gasteiger partial charge in [-0.25, -0.2) is 0 Å². The number of hydrogen-bond acceptors (Lipinski definition) is 4. The van der Waals surface area contributed by atoms with E-state index in [2.05, 4.69) is 46.4 Å². The minimum atomic E-state index is -0.297. The standard InChI is InChI=1S/C24H29N3O3/c1-3-30-23-13-19-16(12-22(23)29-2)10-11-27(15-24(25)28)21(19)9-8-17-14-26-20-7-5-4-6-18(17)20/h4-7,12-14,21,26H,3,8-11,15H2,1-2H3,(H2,25,28)/t21-/m0/s1. The summed E-state index contributed by atoms with van der Waals surface area (Å²) in [6.07, 6.45) is 4.74. The molecule has 0 bridgehead atoms. The Balaban J connectivity index is 1.67. The first kappa shape index (κ1) is 20.3. The van der Waals surface area contributed by atoms with E-state index in [-0.39, 0.29) is 18.5 Å². The van der Waals surface area contributed by atoms with Crippen molar-refractivity contribution in [2.24, 2.45) is 5.73 Å². The van der Waals surface area contributed by atoms with Crippen molar-refractivity contribution < 1.29 is 14.3 Å². The molecule has 1 aromatic heterocycles. The fraction of sp³-hybridized carbons (Fsp3) is 0.375. The van der Waals surface area contributed by atoms with Gasteiger partial charge < -0.3 is 20.2 Å². The molecule has 0 aliphatic carbocycles. The average Bonchev–Trinajstić information content (AvgIpc) is 3.15. The van der Waals surface area contributed by atoms with Crippen LogP contribution in [0.5, 0.6) is 11.5 Å². The zero-order chi connectivity index (χ0) is 21.1. The van der Waals surface area contributed by atoms with Gasteiger partial charge in [-0.1, -0.05) is 18.2 Å². The van der Waals surface area contributed by atoms with E-state index in [9.17, 15) is 4.79 Å². The minimum absolute atomic E-state index is 0.0972. The number of rotatable bonds is 8. The quantitative estimate of drug-likeness (QED) is 0.598. The molecular formula is C24H29N3O3. The Bertz CT molecular complexity index is 1040. The van der Waals surface area contributed by atoms with Crippen LogP contribution >= 0.6 is 0 Å². The van der Waals surface area contributed by atoms with Crippen molar-refractivity contribution >= 4 is 16.8 Å². The lowest BCUT2D eigenvalue weighted by Gasteiger charge is -2.37. The van der Waals surface area contributed by atoms with Gasteiger partial charge in [-0.05, 0) is 61.1 Å². The van der Waals surface area contributed by atoms with Gasteiger partial charge in [-0.15, -0.1) is 0 Å². The van der Waals surface area contributed by atoms with Crippen molar-refractivity contribution in [3.05, 3.63) is 59.3 Å². The number of aromatic nitrogens is 1. The largest absolute Gasteiger partial charge is 0.493 e. The molecule has 30 heavy (non-hydrogen) atoms. The second kappa shape index (κ2) is 8.79. The van der Waals surface area contributed by atoms with Crippen LogP contribution in [0.1, 0.15) is 36.1 Å². The average molecular weight is 408 g/mol. The number of aromatic amines is 1. The number of nitrogens with one attached hydrogen (secondary N) is 1. The number of carbonyl (C=O) groups excluding carboxylic acids is 1. The lowest BCUT2D eigenvalue weighted by Crippen LogP contribution is -2.41. The fourth-order valence-electron chi connectivity index (χ4n) is 4.55. The van der Waals surface area contributed by atoms with Crippen LogP contribution < -0.4 is 15.2 Å². The topological polar surface area (TPSA) is 80.6 Å². The Hall–Kier alpha value is -2.99. The van der Waals surface area contributed by atoms with Crippen molar-refractivity contribution in [3.63, 3.8) is 0 Å². The number of amides is 1. The molecule has 6 heteroatoms. The molecule has 1 atom stereocenters. The maximum Gasteiger partial charge on any atom is 0.231 e. The van der Waals surface area contributed by atoms with E-state index < -0.39 is 0 Å². The predicted molar refractivity (Wildman–Crippen MR) is 118 cm³/mol. The fourth-order valence-corrected chi connectivity index (χ4v) is 4.55. The molecule has 3 aromatic rings. The van der Waals surface area contributed by atoms with Gasteiger partial charge in [-0.2, -0.15) is 0 Å². The predicted octanol–water partition coefficient (Wildman–Crippen LogP) is 3.59. The van der Waals surface area contributed by atoms with E-state index in [1.807, 2.05) is 13.0 Å². The Morgan fingerprint density at radius 3 is 2.87 bits per heavy atom. The molecule has 1 amide bonds. The SMILES string of the molecule is CCOc1cc2c(cc1OC)CCN(CC(N)=O)[C@H]2CCc1c[nH]c2ccccc12. The molecule has 0 radical (unpaired) electrons. The molecule has 0 saturated heterocycles. The van der Waals surface area contributed by atoms with Crippen LogP contribution in [0.2, 0.25) is 0 Å². The van der Waals surface area contributed by atoms with Crippen LogP contribution in [0.4, 0.5) is 0 Å². The zero-order valence-electron chi connectivity index (χ0n) is 17.6. The first-order valence-corrected chi connectivity index (χ1v) is 10.5. The van der Waals surface area contributed by atoms with Gasteiger partial charge in [0, 0.05) is 29.7 Å². The van der Waals surface area contributed by atoms with Gasteiger partial charge in [0.1, 0.15) is 0 Å². The highest BCUT2D eigenvalue weighted by atomic mass is 16.5. The molecule has 158 valence electrons. The summed E-state index contributed by atoms with van der Waals surface area (Å²) in [6.45, 7) is 3.59. The van der Waals surface area contributed by atoms with E-state index in [1.165, 1.54) is 22.1 Å². The smallest absolute Gasteiger partial charge is 0.231 e. The summed E-state index contributed by atoms with van der Waals surface area (Å²) < 4.78 is 11.4. The zero-order valence-corrected chi connectivity index (χ0v) is 17.6. The summed E-state index contributed by atoms with van der Waals surface area (Å²) in [7, 11) is 1.67. The van der Waals surface area contributed by atoms with Gasteiger partial charge in [0.05, 0.1) is 20.3 Å². The summed E-state index contributed by atoms with van der Waals surface area (Å²) >= 11 is 0. The Labute approximate surface area is 177 Å². The maximum atomic E-state index is 11.7. The molecule has 3 N–H and O–H groups in total. The monoisotopic (exact) mass is 407 g/mol. The number of carbonyl (C=O) groups is 1. The van der Waals surface area contributed by atoms with E-state index in [4.69, 9.17) is 15.2 Å². The first-order valence-electron chi connectivity index (χ1n) is 10.5. The number of aryl methyl sites for hydroxylation is 1. The number of nitrogens with zero attached hydrogens (tertiary/aromatic N) is 1. The highest BCUT2D eigenvalue weighted by Crippen LogP contribution is 2.40. The van der Waals surface area contributed by atoms with Crippen LogP contribution in [-0.4, -0.2) is 42.6 Å². The van der Waals surface area contributed by atoms with E-state index in [0.717, 1.165) is 42.8 Å². The van der Waals surface area contributed by atoms with Crippen molar-refractivity contribution in [3.8, 4) is 11.5 Å². The van der Waals surface area contributed by atoms with Gasteiger partial charge in [-0.3, -0.25) is 9.69 Å². The van der Waals surface area contributed by atoms with Crippen LogP contribution in [0, 0.1) is 0 Å². The molecule has 0 fully saturated rings. The highest BCUT2D eigenvalue weighted by molar-refractivity contribution is 5.83. The molecular weight excluding hydrogens is 378 g/mol. The summed E-state index contributed by atoms with van der Waals surface area (Å²) in [4.78, 5) is 17.3. The van der Waals surface area contributed by atoms with Crippen molar-refractivity contribution in [1.29, 1.82) is 0 Å². The van der Waals surface area contributed by atoms with Crippen LogP contribution in [0.25, 0.3) is 10.9 Å². The highest BCUT2D eigenvalue weighted by Gasteiger charge is 2.30. The van der Waals surface area contributed by atoms with Crippen LogP contribution in [0.15, 0.2) is 42.6 Å². The van der Waals surface area contributed by atoms with Gasteiger partial charge >= 0.3 is 0 Å². The lowest BCUT2D eigenvalue weighted by atomic mass is 9.88. The van der Waals surface area contributed by atoms with E-state index in [0.29, 0.717) is 6.61 Å². The Kier molecular flexibility index (Phi) is 5.95. The number of primary amides is 1. The summed E-state index contributed by atoms with van der Waals surface area (Å²) in [5, 5.41) is 1.25. The summed E-state index contributed by atoms with van der Waals surface area (Å²) in [6, 6.07) is 12.6. The second-order valence-corrected chi connectivity index (χ2v) is 7.74. The number of methoxy groups -OCH3 is 1. The molecule has 0 unspecified atom stereocenters. The minimum Gasteiger partial charge on any atom is -0.493 e. The van der Waals surface area contributed by atoms with Gasteiger partial charge in [0.15, 0.2) is 11.5 Å². The normalized spacial score (nSPS) is 16.4. The molecule has 0 spiro atoms. The van der Waals surface area contributed by atoms with Crippen molar-refractivity contribution in [2.45, 2.75) is 32.2 Å². The van der Waals surface area contributed by atoms with E-state index in [1.54, 1.807) is 7.11 Å². The number of fused-ring (bicyclic) bond motifs is 2. The Morgan fingerprint density at radius 2 is 2.10 bits per heavy atom. The summed E-state index contributed by atoms with van der Waals surface area (Å²) in [5.41, 5.74) is 10.4. The number of hydrogen-bond donors (Lipinski definition) is 2. The molecule has 1 aliphatic rings. The number of benzene rings is 2. The second-order valence-electron chi connectivity index (χ2n) is 7.74. The molecule has 2 aromatic carbocycles. The third-order valence-electron chi connectivity index (χ3n) is 5.91. The number of H-pyrrole nitrogens is 1. The van der Waals surface area contributed by atoms with Gasteiger partial charge in [0.25, 0.3) is 0 Å². The first-order chi connectivity index (χ1) is 14.6. The number of ether oxygens (including phenoxy) is 2. The molecule has 4 rings (SSSR count). The molecule has 6 nitrogen and oxygen atoms in total. The number of para-hydroxylation sites is 1. The third kappa shape index (κ3) is 4.00. The van der Waals surface area contributed by atoms with Crippen LogP contribution in [-0.2, 0) is 17.6 Å².